The van der Waals surface area contributed by atoms with E-state index >= 15 is 0 Å². The molecular weight excluding hydrogens is 355 g/mol. The summed E-state index contributed by atoms with van der Waals surface area (Å²) in [5.74, 6) is 0.276. The normalized spacial score (nSPS) is 14.1. The highest BCUT2D eigenvalue weighted by Gasteiger charge is 2.38. The third kappa shape index (κ3) is 3.94. The van der Waals surface area contributed by atoms with E-state index in [1.54, 1.807) is 25.6 Å². The number of aromatic nitrogens is 2. The van der Waals surface area contributed by atoms with Crippen molar-refractivity contribution in [2.75, 3.05) is 7.11 Å². The molecule has 3 aromatic rings. The second-order valence-corrected chi connectivity index (χ2v) is 8.15. The highest BCUT2D eigenvalue weighted by Crippen LogP contribution is 2.41. The average molecular weight is 382 g/mol. The van der Waals surface area contributed by atoms with Gasteiger partial charge in [0, 0.05) is 29.3 Å². The highest BCUT2D eigenvalue weighted by atomic mass is 19.1. The lowest BCUT2D eigenvalue weighted by Crippen LogP contribution is -2.40. The SMILES string of the molecule is C=C(C)C(O)(Cc1cc2ccncc2[nH]1)CC(C)(C)c1cc(F)ccc1OC. The molecular formula is C23H27FN2O2. The number of ether oxygens (including phenoxy) is 1. The van der Waals surface area contributed by atoms with Crippen LogP contribution in [0.2, 0.25) is 0 Å². The lowest BCUT2D eigenvalue weighted by molar-refractivity contribution is 0.0480. The molecule has 3 rings (SSSR count). The number of hydrogen-bond acceptors (Lipinski definition) is 3. The maximum Gasteiger partial charge on any atom is 0.123 e. The monoisotopic (exact) mass is 382 g/mol. The Kier molecular flexibility index (Phi) is 5.31. The second kappa shape index (κ2) is 7.40. The van der Waals surface area contributed by atoms with Gasteiger partial charge in [-0.3, -0.25) is 4.98 Å². The summed E-state index contributed by atoms with van der Waals surface area (Å²) in [5.41, 5.74) is 1.48. The van der Waals surface area contributed by atoms with Gasteiger partial charge >= 0.3 is 0 Å². The van der Waals surface area contributed by atoms with Crippen molar-refractivity contribution < 1.29 is 14.2 Å². The van der Waals surface area contributed by atoms with Crippen LogP contribution in [0.15, 0.2) is 54.9 Å². The predicted molar refractivity (Wildman–Crippen MR) is 110 cm³/mol. The van der Waals surface area contributed by atoms with Gasteiger partial charge in [0.25, 0.3) is 0 Å². The number of hydrogen-bond donors (Lipinski definition) is 2. The maximum atomic E-state index is 13.9. The Bertz CT molecular complexity index is 976. The Labute approximate surface area is 165 Å². The van der Waals surface area contributed by atoms with Gasteiger partial charge in [0.1, 0.15) is 11.6 Å². The molecule has 0 radical (unpaired) electrons. The first-order chi connectivity index (χ1) is 13.1. The van der Waals surface area contributed by atoms with E-state index in [1.807, 2.05) is 32.9 Å². The summed E-state index contributed by atoms with van der Waals surface area (Å²) in [4.78, 5) is 7.44. The molecule has 2 heterocycles. The molecule has 28 heavy (non-hydrogen) atoms. The van der Waals surface area contributed by atoms with Gasteiger partial charge in [-0.2, -0.15) is 0 Å². The molecule has 0 fully saturated rings. The number of methoxy groups -OCH3 is 1. The molecule has 0 saturated carbocycles. The Hall–Kier alpha value is -2.66. The van der Waals surface area contributed by atoms with E-state index in [4.69, 9.17) is 4.74 Å². The summed E-state index contributed by atoms with van der Waals surface area (Å²) in [7, 11) is 1.57. The van der Waals surface area contributed by atoms with Crippen LogP contribution in [0.3, 0.4) is 0 Å². The number of fused-ring (bicyclic) bond motifs is 1. The molecule has 1 atom stereocenters. The van der Waals surface area contributed by atoms with Crippen LogP contribution in [-0.4, -0.2) is 27.8 Å². The fourth-order valence-electron chi connectivity index (χ4n) is 3.84. The largest absolute Gasteiger partial charge is 0.496 e. The van der Waals surface area contributed by atoms with Crippen molar-refractivity contribution in [2.24, 2.45) is 0 Å². The standard InChI is InChI=1S/C23H27FN2O2/c1-15(2)23(27,12-18-10-16-8-9-25-13-20(16)26-18)14-22(3,4)19-11-17(24)6-7-21(19)28-5/h6-11,13,26-27H,1,12,14H2,2-5H3. The summed E-state index contributed by atoms with van der Waals surface area (Å²) in [6, 6.07) is 8.42. The van der Waals surface area contributed by atoms with E-state index in [1.165, 1.54) is 12.1 Å². The van der Waals surface area contributed by atoms with Gasteiger partial charge in [-0.1, -0.05) is 20.4 Å². The molecule has 148 valence electrons. The Balaban J connectivity index is 1.95. The summed E-state index contributed by atoms with van der Waals surface area (Å²) < 4.78 is 19.4. The summed E-state index contributed by atoms with van der Waals surface area (Å²) in [6.45, 7) is 9.82. The Morgan fingerprint density at radius 2 is 2.04 bits per heavy atom. The van der Waals surface area contributed by atoms with Crippen molar-refractivity contribution in [3.8, 4) is 5.75 Å². The molecule has 0 bridgehead atoms. The zero-order valence-corrected chi connectivity index (χ0v) is 16.8. The van der Waals surface area contributed by atoms with Crippen molar-refractivity contribution in [1.82, 2.24) is 9.97 Å². The molecule has 0 aliphatic carbocycles. The van der Waals surface area contributed by atoms with Gasteiger partial charge in [-0.15, -0.1) is 0 Å². The Morgan fingerprint density at radius 1 is 1.29 bits per heavy atom. The van der Waals surface area contributed by atoms with E-state index in [0.29, 0.717) is 24.2 Å². The van der Waals surface area contributed by atoms with Gasteiger partial charge in [0.05, 0.1) is 24.4 Å². The van der Waals surface area contributed by atoms with E-state index in [-0.39, 0.29) is 5.82 Å². The van der Waals surface area contributed by atoms with Crippen LogP contribution >= 0.6 is 0 Å². The Morgan fingerprint density at radius 3 is 2.68 bits per heavy atom. The number of pyridine rings is 1. The number of rotatable bonds is 7. The topological polar surface area (TPSA) is 58.1 Å². The molecule has 1 unspecified atom stereocenters. The third-order valence-corrected chi connectivity index (χ3v) is 5.38. The number of benzene rings is 1. The first kappa shape index (κ1) is 20.1. The number of nitrogens with one attached hydrogen (secondary N) is 1. The van der Waals surface area contributed by atoms with E-state index in [9.17, 15) is 9.50 Å². The van der Waals surface area contributed by atoms with Crippen LogP contribution in [0.25, 0.3) is 10.9 Å². The third-order valence-electron chi connectivity index (χ3n) is 5.38. The quantitative estimate of drug-likeness (QED) is 0.570. The molecule has 0 saturated heterocycles. The van der Waals surface area contributed by atoms with Crippen molar-refractivity contribution in [3.63, 3.8) is 0 Å². The van der Waals surface area contributed by atoms with Gasteiger partial charge in [0.2, 0.25) is 0 Å². The summed E-state index contributed by atoms with van der Waals surface area (Å²) in [6.07, 6.45) is 4.24. The van der Waals surface area contributed by atoms with E-state index in [0.717, 1.165) is 22.2 Å². The number of nitrogens with zero attached hydrogens (tertiary/aromatic N) is 1. The molecule has 0 aliphatic rings. The maximum absolute atomic E-state index is 13.9. The van der Waals surface area contributed by atoms with Gasteiger partial charge < -0.3 is 14.8 Å². The van der Waals surface area contributed by atoms with Crippen LogP contribution in [0, 0.1) is 5.82 Å². The summed E-state index contributed by atoms with van der Waals surface area (Å²) in [5, 5.41) is 12.6. The fraction of sp³-hybridized carbons (Fsp3) is 0.348. The molecule has 2 aromatic heterocycles. The smallest absolute Gasteiger partial charge is 0.123 e. The van der Waals surface area contributed by atoms with Crippen LogP contribution in [0.5, 0.6) is 5.75 Å². The average Bonchev–Trinajstić information content (AvgIpc) is 3.02. The molecule has 5 heteroatoms. The van der Waals surface area contributed by atoms with Gasteiger partial charge in [-0.25, -0.2) is 4.39 Å². The molecule has 0 aliphatic heterocycles. The fourth-order valence-corrected chi connectivity index (χ4v) is 3.84. The number of H-pyrrole nitrogens is 1. The van der Waals surface area contributed by atoms with Crippen molar-refractivity contribution in [2.45, 2.75) is 44.6 Å². The first-order valence-electron chi connectivity index (χ1n) is 9.29. The zero-order valence-electron chi connectivity index (χ0n) is 16.8. The highest BCUT2D eigenvalue weighted by molar-refractivity contribution is 5.79. The minimum Gasteiger partial charge on any atom is -0.496 e. The van der Waals surface area contributed by atoms with Crippen LogP contribution in [0.1, 0.15) is 38.4 Å². The van der Waals surface area contributed by atoms with E-state index in [2.05, 4.69) is 16.5 Å². The van der Waals surface area contributed by atoms with Crippen LogP contribution in [-0.2, 0) is 11.8 Å². The van der Waals surface area contributed by atoms with Crippen LogP contribution < -0.4 is 4.74 Å². The number of aromatic amines is 1. The lowest BCUT2D eigenvalue weighted by Gasteiger charge is -2.37. The zero-order chi connectivity index (χ0) is 20.5. The molecule has 2 N–H and O–H groups in total. The minimum atomic E-state index is -1.17. The van der Waals surface area contributed by atoms with Crippen LogP contribution in [0.4, 0.5) is 4.39 Å². The molecule has 0 spiro atoms. The summed E-state index contributed by atoms with van der Waals surface area (Å²) >= 11 is 0. The predicted octanol–water partition coefficient (Wildman–Crippen LogP) is 4.93. The van der Waals surface area contributed by atoms with Crippen molar-refractivity contribution >= 4 is 10.9 Å². The lowest BCUT2D eigenvalue weighted by atomic mass is 9.71. The van der Waals surface area contributed by atoms with E-state index < -0.39 is 11.0 Å². The van der Waals surface area contributed by atoms with Gasteiger partial charge in [-0.05, 0) is 54.7 Å². The second-order valence-electron chi connectivity index (χ2n) is 8.15. The number of aliphatic hydroxyl groups is 1. The van der Waals surface area contributed by atoms with Gasteiger partial charge in [0.15, 0.2) is 0 Å². The van der Waals surface area contributed by atoms with Crippen molar-refractivity contribution in [3.05, 3.63) is 72.0 Å². The minimum absolute atomic E-state index is 0.328. The molecule has 4 nitrogen and oxygen atoms in total. The first-order valence-corrected chi connectivity index (χ1v) is 9.29. The molecule has 1 aromatic carbocycles. The number of halogens is 1. The van der Waals surface area contributed by atoms with Crippen molar-refractivity contribution in [1.29, 1.82) is 0 Å². The molecule has 0 amide bonds.